The molecule has 3 atom stereocenters. The monoisotopic (exact) mass is 437 g/mol. The zero-order valence-corrected chi connectivity index (χ0v) is 19.5. The second-order valence-electron chi connectivity index (χ2n) is 8.44. The molecular formula is C25H43NO5. The number of rotatable bonds is 20. The quantitative estimate of drug-likeness (QED) is 0.0937. The number of aliphatic hydroxyl groups excluding tert-OH is 1. The number of allylic oxidation sites excluding steroid dienone is 2. The molecular weight excluding hydrogens is 394 g/mol. The Labute approximate surface area is 188 Å². The van der Waals surface area contributed by atoms with E-state index in [2.05, 4.69) is 25.7 Å². The van der Waals surface area contributed by atoms with Gasteiger partial charge in [-0.15, -0.1) is 0 Å². The van der Waals surface area contributed by atoms with Crippen LogP contribution in [-0.2, 0) is 19.1 Å². The molecule has 178 valence electrons. The fraction of sp³-hybridized carbons (Fsp3) is 0.720. The van der Waals surface area contributed by atoms with Gasteiger partial charge in [-0.1, -0.05) is 64.2 Å². The average Bonchev–Trinajstić information content (AvgIpc) is 2.73. The normalized spacial score (nSPS) is 15.2. The topological polar surface area (TPSA) is 107 Å². The minimum atomic E-state index is -1.50. The predicted molar refractivity (Wildman–Crippen MR) is 124 cm³/mol. The number of carbonyl (C=O) groups is 3. The first-order valence-corrected chi connectivity index (χ1v) is 11.7. The minimum absolute atomic E-state index is 0.0268. The van der Waals surface area contributed by atoms with Crippen LogP contribution in [0.3, 0.4) is 0 Å². The van der Waals surface area contributed by atoms with E-state index in [4.69, 9.17) is 10.5 Å². The van der Waals surface area contributed by atoms with E-state index in [0.717, 1.165) is 57.3 Å². The lowest BCUT2D eigenvalue weighted by atomic mass is 9.89. The fourth-order valence-electron chi connectivity index (χ4n) is 3.67. The number of esters is 1. The molecule has 6 heteroatoms. The molecule has 0 saturated carbocycles. The van der Waals surface area contributed by atoms with Gasteiger partial charge in [0, 0.05) is 18.4 Å². The minimum Gasteiger partial charge on any atom is -0.446 e. The highest BCUT2D eigenvalue weighted by molar-refractivity contribution is 5.89. The van der Waals surface area contributed by atoms with Crippen molar-refractivity contribution < 1.29 is 24.2 Å². The maximum absolute atomic E-state index is 12.0. The Morgan fingerprint density at radius 2 is 1.77 bits per heavy atom. The van der Waals surface area contributed by atoms with Crippen molar-refractivity contribution >= 4 is 18.2 Å². The van der Waals surface area contributed by atoms with Crippen LogP contribution in [0, 0.1) is 5.92 Å². The first-order valence-electron chi connectivity index (χ1n) is 11.7. The van der Waals surface area contributed by atoms with Gasteiger partial charge in [0.2, 0.25) is 0 Å². The molecule has 0 aliphatic heterocycles. The van der Waals surface area contributed by atoms with Crippen LogP contribution < -0.4 is 5.73 Å². The number of hydrogen-bond donors (Lipinski definition) is 2. The average molecular weight is 438 g/mol. The number of aliphatic hydroxyl groups is 1. The number of primary amides is 1. The van der Waals surface area contributed by atoms with Gasteiger partial charge in [-0.2, -0.15) is 0 Å². The lowest BCUT2D eigenvalue weighted by Crippen LogP contribution is -2.49. The molecule has 0 heterocycles. The highest BCUT2D eigenvalue weighted by Crippen LogP contribution is 2.26. The second kappa shape index (κ2) is 17.7. The molecule has 31 heavy (non-hydrogen) atoms. The van der Waals surface area contributed by atoms with Gasteiger partial charge in [-0.05, 0) is 45.4 Å². The van der Waals surface area contributed by atoms with Crippen molar-refractivity contribution in [3.8, 4) is 0 Å². The summed E-state index contributed by atoms with van der Waals surface area (Å²) in [5.41, 5.74) is 4.00. The summed E-state index contributed by atoms with van der Waals surface area (Å²) in [7, 11) is 0. The van der Waals surface area contributed by atoms with Crippen LogP contribution >= 0.6 is 0 Å². The summed E-state index contributed by atoms with van der Waals surface area (Å²) in [6.45, 7) is 7.07. The number of ether oxygens (including phenoxy) is 1. The van der Waals surface area contributed by atoms with Crippen LogP contribution in [0.5, 0.6) is 0 Å². The molecule has 0 aliphatic rings. The fourth-order valence-corrected chi connectivity index (χ4v) is 3.67. The van der Waals surface area contributed by atoms with E-state index in [9.17, 15) is 19.5 Å². The first kappa shape index (κ1) is 29.1. The Kier molecular flexibility index (Phi) is 16.6. The third-order valence-electron chi connectivity index (χ3n) is 5.46. The number of hydrogen-bond acceptors (Lipinski definition) is 5. The second-order valence-corrected chi connectivity index (χ2v) is 8.44. The van der Waals surface area contributed by atoms with Crippen LogP contribution in [0.2, 0.25) is 0 Å². The SMILES string of the molecule is C=CC(=O)OC(CCCCCCC=CCC(C=O)CCCCCC)(CC(C)O)C(N)=O. The summed E-state index contributed by atoms with van der Waals surface area (Å²) in [6.07, 6.45) is 16.7. The van der Waals surface area contributed by atoms with Crippen LogP contribution in [0.1, 0.15) is 97.3 Å². The molecule has 1 amide bonds. The third kappa shape index (κ3) is 13.9. The van der Waals surface area contributed by atoms with Gasteiger partial charge in [0.15, 0.2) is 5.60 Å². The van der Waals surface area contributed by atoms with E-state index in [-0.39, 0.29) is 18.8 Å². The highest BCUT2D eigenvalue weighted by Gasteiger charge is 2.40. The van der Waals surface area contributed by atoms with Gasteiger partial charge in [0.1, 0.15) is 6.29 Å². The molecule has 0 bridgehead atoms. The molecule has 3 N–H and O–H groups in total. The molecule has 6 nitrogen and oxygen atoms in total. The highest BCUT2D eigenvalue weighted by atomic mass is 16.6. The Bertz CT molecular complexity index is 558. The summed E-state index contributed by atoms with van der Waals surface area (Å²) in [4.78, 5) is 34.8. The molecule has 0 aromatic heterocycles. The Morgan fingerprint density at radius 1 is 1.10 bits per heavy atom. The number of amides is 1. The maximum atomic E-state index is 12.0. The maximum Gasteiger partial charge on any atom is 0.331 e. The predicted octanol–water partition coefficient (Wildman–Crippen LogP) is 4.78. The van der Waals surface area contributed by atoms with Crippen molar-refractivity contribution in [2.24, 2.45) is 11.7 Å². The van der Waals surface area contributed by atoms with Crippen molar-refractivity contribution in [3.63, 3.8) is 0 Å². The molecule has 3 unspecified atom stereocenters. The molecule has 0 aromatic carbocycles. The van der Waals surface area contributed by atoms with Crippen molar-refractivity contribution in [3.05, 3.63) is 24.8 Å². The van der Waals surface area contributed by atoms with E-state index >= 15 is 0 Å². The van der Waals surface area contributed by atoms with E-state index in [0.29, 0.717) is 6.42 Å². The number of aldehydes is 1. The lowest BCUT2D eigenvalue weighted by molar-refractivity contribution is -0.167. The van der Waals surface area contributed by atoms with E-state index in [1.165, 1.54) is 26.2 Å². The van der Waals surface area contributed by atoms with Crippen LogP contribution in [0.4, 0.5) is 0 Å². The Balaban J connectivity index is 4.24. The van der Waals surface area contributed by atoms with Gasteiger partial charge in [0.05, 0.1) is 6.10 Å². The first-order chi connectivity index (χ1) is 14.8. The van der Waals surface area contributed by atoms with Crippen molar-refractivity contribution in [1.82, 2.24) is 0 Å². The molecule has 0 aromatic rings. The molecule has 0 spiro atoms. The summed E-state index contributed by atoms with van der Waals surface area (Å²) in [6, 6.07) is 0. The zero-order chi connectivity index (χ0) is 23.5. The lowest BCUT2D eigenvalue weighted by Gasteiger charge is -2.31. The van der Waals surface area contributed by atoms with Crippen molar-refractivity contribution in [1.29, 1.82) is 0 Å². The van der Waals surface area contributed by atoms with Crippen LogP contribution in [-0.4, -0.2) is 35.0 Å². The molecule has 0 fully saturated rings. The van der Waals surface area contributed by atoms with Gasteiger partial charge < -0.3 is 20.4 Å². The van der Waals surface area contributed by atoms with Gasteiger partial charge in [0.25, 0.3) is 5.91 Å². The molecule has 0 rings (SSSR count). The summed E-state index contributed by atoms with van der Waals surface area (Å²) in [5.74, 6) is -1.34. The number of unbranched alkanes of at least 4 members (excludes halogenated alkanes) is 7. The van der Waals surface area contributed by atoms with Gasteiger partial charge >= 0.3 is 5.97 Å². The van der Waals surface area contributed by atoms with Gasteiger partial charge in [-0.25, -0.2) is 4.79 Å². The van der Waals surface area contributed by atoms with Crippen molar-refractivity contribution in [2.75, 3.05) is 0 Å². The van der Waals surface area contributed by atoms with E-state index in [1.54, 1.807) is 0 Å². The van der Waals surface area contributed by atoms with Gasteiger partial charge in [-0.3, -0.25) is 4.79 Å². The summed E-state index contributed by atoms with van der Waals surface area (Å²) < 4.78 is 5.26. The molecule has 0 radical (unpaired) electrons. The Hall–Kier alpha value is -1.95. The van der Waals surface area contributed by atoms with Crippen molar-refractivity contribution in [2.45, 2.75) is 109 Å². The van der Waals surface area contributed by atoms with Crippen LogP contribution in [0.25, 0.3) is 0 Å². The summed E-state index contributed by atoms with van der Waals surface area (Å²) in [5, 5.41) is 9.72. The number of carbonyl (C=O) groups excluding carboxylic acids is 3. The largest absolute Gasteiger partial charge is 0.446 e. The third-order valence-corrected chi connectivity index (χ3v) is 5.46. The van der Waals surface area contributed by atoms with E-state index < -0.39 is 23.6 Å². The van der Waals surface area contributed by atoms with Crippen LogP contribution in [0.15, 0.2) is 24.8 Å². The molecule has 0 aliphatic carbocycles. The Morgan fingerprint density at radius 3 is 2.35 bits per heavy atom. The number of nitrogens with two attached hydrogens (primary N) is 1. The summed E-state index contributed by atoms with van der Waals surface area (Å²) >= 11 is 0. The van der Waals surface area contributed by atoms with E-state index in [1.807, 2.05) is 0 Å². The zero-order valence-electron chi connectivity index (χ0n) is 19.5. The smallest absolute Gasteiger partial charge is 0.331 e. The molecule has 0 saturated heterocycles. The standard InChI is InChI=1S/C25H43NO5/c1-4-6-7-13-16-22(20-27)17-14-11-9-8-10-12-15-18-25(24(26)30,19-21(3)28)31-23(29)5-2/h5,11,14,20-22,28H,2,4,6-10,12-13,15-19H2,1,3H3,(H2,26,30).